The van der Waals surface area contributed by atoms with E-state index in [9.17, 15) is 8.42 Å². The van der Waals surface area contributed by atoms with E-state index >= 15 is 0 Å². The fraction of sp³-hybridized carbons (Fsp3) is 0.308. The van der Waals surface area contributed by atoms with Crippen LogP contribution in [0.15, 0.2) is 27.6 Å². The highest BCUT2D eigenvalue weighted by atomic mass is 32.2. The van der Waals surface area contributed by atoms with Crippen molar-refractivity contribution in [1.82, 2.24) is 9.71 Å². The van der Waals surface area contributed by atoms with E-state index in [2.05, 4.69) is 9.71 Å². The number of sulfonamides is 1. The molecule has 0 amide bonds. The molecule has 0 unspecified atom stereocenters. The summed E-state index contributed by atoms with van der Waals surface area (Å²) >= 11 is 0. The Morgan fingerprint density at radius 1 is 1.30 bits per heavy atom. The molecule has 0 fully saturated rings. The van der Waals surface area contributed by atoms with Gasteiger partial charge >= 0.3 is 0 Å². The fourth-order valence-electron chi connectivity index (χ4n) is 1.97. The lowest BCUT2D eigenvalue weighted by molar-refractivity contribution is 0.463. The largest absolute Gasteiger partial charge is 0.445 e. The molecule has 2 aromatic rings. The lowest BCUT2D eigenvalue weighted by atomic mass is 10.1. The van der Waals surface area contributed by atoms with Gasteiger partial charge in [0.25, 0.3) is 0 Å². The number of benzene rings is 1. The first-order chi connectivity index (χ1) is 9.31. The van der Waals surface area contributed by atoms with Gasteiger partial charge in [0.15, 0.2) is 0 Å². The monoisotopic (exact) mass is 295 g/mol. The van der Waals surface area contributed by atoms with Gasteiger partial charge in [0.2, 0.25) is 15.9 Å². The van der Waals surface area contributed by atoms with Crippen LogP contribution in [0.2, 0.25) is 0 Å². The normalized spacial score (nSPS) is 11.8. The molecule has 0 saturated heterocycles. The quantitative estimate of drug-likeness (QED) is 0.836. The van der Waals surface area contributed by atoms with Gasteiger partial charge in [-0.05, 0) is 38.0 Å². The van der Waals surface area contributed by atoms with Crippen LogP contribution in [-0.2, 0) is 16.6 Å². The molecule has 0 saturated carbocycles. The second kappa shape index (κ2) is 5.26. The first-order valence-electron chi connectivity index (χ1n) is 6.08. The second-order valence-corrected chi connectivity index (χ2v) is 6.32. The summed E-state index contributed by atoms with van der Waals surface area (Å²) in [7, 11) is -3.66. The molecule has 20 heavy (non-hydrogen) atoms. The maximum atomic E-state index is 12.4. The van der Waals surface area contributed by atoms with Crippen molar-refractivity contribution < 1.29 is 12.8 Å². The average Bonchev–Trinajstić information content (AvgIpc) is 2.78. The van der Waals surface area contributed by atoms with Crippen molar-refractivity contribution in [3.8, 4) is 0 Å². The van der Waals surface area contributed by atoms with Gasteiger partial charge in [-0.15, -0.1) is 0 Å². The molecule has 0 atom stereocenters. The number of rotatable bonds is 4. The summed E-state index contributed by atoms with van der Waals surface area (Å²) in [6.07, 6.45) is 1.54. The van der Waals surface area contributed by atoms with Gasteiger partial charge < -0.3 is 10.2 Å². The van der Waals surface area contributed by atoms with Crippen LogP contribution in [0, 0.1) is 20.8 Å². The molecular formula is C13H17N3O3S. The van der Waals surface area contributed by atoms with E-state index < -0.39 is 10.0 Å². The summed E-state index contributed by atoms with van der Waals surface area (Å²) in [4.78, 5) is 4.17. The first kappa shape index (κ1) is 14.5. The molecule has 1 heterocycles. The number of aromatic nitrogens is 1. The van der Waals surface area contributed by atoms with Crippen LogP contribution >= 0.6 is 0 Å². The van der Waals surface area contributed by atoms with Crippen molar-refractivity contribution in [2.75, 3.05) is 5.73 Å². The third-order valence-corrected chi connectivity index (χ3v) is 4.69. The Balaban J connectivity index is 2.29. The third kappa shape index (κ3) is 2.83. The minimum absolute atomic E-state index is 0.00382. The molecule has 0 aliphatic rings. The van der Waals surface area contributed by atoms with Crippen LogP contribution < -0.4 is 10.5 Å². The second-order valence-electron chi connectivity index (χ2n) is 4.62. The number of nitrogens with one attached hydrogen (secondary N) is 1. The third-order valence-electron chi connectivity index (χ3n) is 3.00. The van der Waals surface area contributed by atoms with Gasteiger partial charge in [-0.2, -0.15) is 0 Å². The number of hydrogen-bond donors (Lipinski definition) is 2. The minimum atomic E-state index is -3.66. The van der Waals surface area contributed by atoms with Gasteiger partial charge in [-0.25, -0.2) is 18.1 Å². The van der Waals surface area contributed by atoms with E-state index in [1.54, 1.807) is 39.1 Å². The Bertz CT molecular complexity index is 735. The van der Waals surface area contributed by atoms with Gasteiger partial charge in [-0.3, -0.25) is 0 Å². The van der Waals surface area contributed by atoms with Crippen LogP contribution in [-0.4, -0.2) is 13.4 Å². The van der Waals surface area contributed by atoms with Crippen molar-refractivity contribution in [3.05, 3.63) is 41.1 Å². The molecule has 1 aromatic carbocycles. The topological polar surface area (TPSA) is 98.2 Å². The SMILES string of the molecule is Cc1cnc(CNS(=O)(=O)c2c(C)ccc(N)c2C)o1. The smallest absolute Gasteiger partial charge is 0.241 e. The molecule has 0 aliphatic heterocycles. The lowest BCUT2D eigenvalue weighted by Crippen LogP contribution is -2.25. The Morgan fingerprint density at radius 2 is 2.00 bits per heavy atom. The van der Waals surface area contributed by atoms with Crippen molar-refractivity contribution in [2.45, 2.75) is 32.2 Å². The predicted molar refractivity (Wildman–Crippen MR) is 75.6 cm³/mol. The Kier molecular flexibility index (Phi) is 3.82. The maximum absolute atomic E-state index is 12.4. The van der Waals surface area contributed by atoms with Crippen LogP contribution in [0.1, 0.15) is 22.8 Å². The summed E-state index contributed by atoms with van der Waals surface area (Å²) in [6.45, 7) is 5.17. The zero-order chi connectivity index (χ0) is 14.9. The van der Waals surface area contributed by atoms with E-state index in [0.717, 1.165) is 0 Å². The van der Waals surface area contributed by atoms with Crippen molar-refractivity contribution >= 4 is 15.7 Å². The highest BCUT2D eigenvalue weighted by molar-refractivity contribution is 7.89. The molecule has 0 radical (unpaired) electrons. The standard InChI is InChI=1S/C13H17N3O3S/c1-8-4-5-11(14)10(3)13(8)20(17,18)16-7-12-15-6-9(2)19-12/h4-6,16H,7,14H2,1-3H3. The van der Waals surface area contributed by atoms with E-state index in [-0.39, 0.29) is 11.4 Å². The number of aryl methyl sites for hydroxylation is 2. The van der Waals surface area contributed by atoms with Crippen LogP contribution in [0.3, 0.4) is 0 Å². The highest BCUT2D eigenvalue weighted by Crippen LogP contribution is 2.24. The number of nitrogen functional groups attached to an aromatic ring is 1. The van der Waals surface area contributed by atoms with Gasteiger partial charge in [0, 0.05) is 5.69 Å². The molecule has 7 heteroatoms. The number of hydrogen-bond acceptors (Lipinski definition) is 5. The molecule has 6 nitrogen and oxygen atoms in total. The van der Waals surface area contributed by atoms with Crippen LogP contribution in [0.5, 0.6) is 0 Å². The number of oxazole rings is 1. The number of nitrogens with two attached hydrogens (primary N) is 1. The predicted octanol–water partition coefficient (Wildman–Crippen LogP) is 1.66. The van der Waals surface area contributed by atoms with Crippen LogP contribution in [0.25, 0.3) is 0 Å². The van der Waals surface area contributed by atoms with Crippen molar-refractivity contribution in [3.63, 3.8) is 0 Å². The molecular weight excluding hydrogens is 278 g/mol. The van der Waals surface area contributed by atoms with Crippen molar-refractivity contribution in [2.24, 2.45) is 0 Å². The summed E-state index contributed by atoms with van der Waals surface area (Å²) in [5, 5.41) is 0. The number of nitrogens with zero attached hydrogens (tertiary/aromatic N) is 1. The molecule has 108 valence electrons. The van der Waals surface area contributed by atoms with E-state index in [0.29, 0.717) is 28.5 Å². The Hall–Kier alpha value is -1.86. The first-order valence-corrected chi connectivity index (χ1v) is 7.56. The zero-order valence-electron chi connectivity index (χ0n) is 11.6. The average molecular weight is 295 g/mol. The molecule has 0 bridgehead atoms. The van der Waals surface area contributed by atoms with E-state index in [1.807, 2.05) is 0 Å². The zero-order valence-corrected chi connectivity index (χ0v) is 12.4. The fourth-order valence-corrected chi connectivity index (χ4v) is 3.44. The van der Waals surface area contributed by atoms with Gasteiger partial charge in [0.05, 0.1) is 17.6 Å². The van der Waals surface area contributed by atoms with Gasteiger partial charge in [-0.1, -0.05) is 6.07 Å². The molecule has 3 N–H and O–H groups in total. The summed E-state index contributed by atoms with van der Waals surface area (Å²) in [5.41, 5.74) is 7.41. The Morgan fingerprint density at radius 3 is 2.60 bits per heavy atom. The minimum Gasteiger partial charge on any atom is -0.445 e. The lowest BCUT2D eigenvalue weighted by Gasteiger charge is -2.12. The van der Waals surface area contributed by atoms with Crippen LogP contribution in [0.4, 0.5) is 5.69 Å². The van der Waals surface area contributed by atoms with E-state index in [4.69, 9.17) is 10.2 Å². The molecule has 0 spiro atoms. The molecule has 1 aromatic heterocycles. The summed E-state index contributed by atoms with van der Waals surface area (Å²) < 4.78 is 32.5. The van der Waals surface area contributed by atoms with Crippen molar-refractivity contribution in [1.29, 1.82) is 0 Å². The maximum Gasteiger partial charge on any atom is 0.241 e. The summed E-state index contributed by atoms with van der Waals surface area (Å²) in [5.74, 6) is 0.959. The summed E-state index contributed by atoms with van der Waals surface area (Å²) in [6, 6.07) is 3.38. The highest BCUT2D eigenvalue weighted by Gasteiger charge is 2.21. The van der Waals surface area contributed by atoms with Gasteiger partial charge in [0.1, 0.15) is 5.76 Å². The molecule has 2 rings (SSSR count). The Labute approximate surface area is 118 Å². The molecule has 0 aliphatic carbocycles. The van der Waals surface area contributed by atoms with E-state index in [1.165, 1.54) is 0 Å². The number of anilines is 1.